The van der Waals surface area contributed by atoms with Crippen LogP contribution in [0, 0.1) is 13.8 Å². The number of hydrogen-bond donors (Lipinski definition) is 4. The Labute approximate surface area is 147 Å². The first-order valence-electron chi connectivity index (χ1n) is 8.05. The van der Waals surface area contributed by atoms with Gasteiger partial charge in [0.25, 0.3) is 5.91 Å². The highest BCUT2D eigenvalue weighted by atomic mass is 16.5. The van der Waals surface area contributed by atoms with Gasteiger partial charge in [0.15, 0.2) is 6.61 Å². The first-order valence-corrected chi connectivity index (χ1v) is 8.05. The van der Waals surface area contributed by atoms with E-state index in [4.69, 9.17) is 10.5 Å². The van der Waals surface area contributed by atoms with Crippen molar-refractivity contribution >= 4 is 11.6 Å². The third-order valence-corrected chi connectivity index (χ3v) is 3.96. The van der Waals surface area contributed by atoms with E-state index in [1.807, 2.05) is 32.0 Å². The minimum atomic E-state index is -1.05. The molecule has 6 heteroatoms. The molecule has 0 saturated heterocycles. The summed E-state index contributed by atoms with van der Waals surface area (Å²) >= 11 is 0. The lowest BCUT2D eigenvalue weighted by atomic mass is 10.0. The number of hydrogen-bond acceptors (Lipinski definition) is 5. The largest absolute Gasteiger partial charge is 0.483 e. The van der Waals surface area contributed by atoms with Crippen molar-refractivity contribution in [3.8, 4) is 5.75 Å². The lowest BCUT2D eigenvalue weighted by molar-refractivity contribution is -0.125. The summed E-state index contributed by atoms with van der Waals surface area (Å²) < 4.78 is 5.58. The Bertz CT molecular complexity index is 696. The Morgan fingerprint density at radius 1 is 1.16 bits per heavy atom. The quantitative estimate of drug-likeness (QED) is 0.570. The lowest BCUT2D eigenvalue weighted by Crippen LogP contribution is -2.44. The SMILES string of the molecule is Cc1cccc(C)c1OCC(=O)NC(CO)C(O)c1ccc(N)cc1. The summed E-state index contributed by atoms with van der Waals surface area (Å²) in [7, 11) is 0. The average Bonchev–Trinajstić information content (AvgIpc) is 2.59. The average molecular weight is 344 g/mol. The number of nitrogens with two attached hydrogens (primary N) is 1. The predicted octanol–water partition coefficient (Wildman–Crippen LogP) is 1.48. The molecule has 2 aromatic carbocycles. The van der Waals surface area contributed by atoms with E-state index in [0.29, 0.717) is 17.0 Å². The van der Waals surface area contributed by atoms with Gasteiger partial charge in [0.1, 0.15) is 11.9 Å². The number of carbonyl (C=O) groups is 1. The van der Waals surface area contributed by atoms with Gasteiger partial charge in [-0.05, 0) is 42.7 Å². The standard InChI is InChI=1S/C19H24N2O4/c1-12-4-3-5-13(2)19(12)25-11-17(23)21-16(10-22)18(24)14-6-8-15(20)9-7-14/h3-9,16,18,22,24H,10-11,20H2,1-2H3,(H,21,23). The summed E-state index contributed by atoms with van der Waals surface area (Å²) in [5.74, 6) is 0.244. The highest BCUT2D eigenvalue weighted by Gasteiger charge is 2.22. The molecule has 0 radical (unpaired) electrons. The van der Waals surface area contributed by atoms with Crippen molar-refractivity contribution in [3.05, 3.63) is 59.2 Å². The van der Waals surface area contributed by atoms with Crippen LogP contribution in [0.25, 0.3) is 0 Å². The zero-order valence-electron chi connectivity index (χ0n) is 14.4. The topological polar surface area (TPSA) is 105 Å². The fourth-order valence-electron chi connectivity index (χ4n) is 2.56. The summed E-state index contributed by atoms with van der Waals surface area (Å²) in [6.07, 6.45) is -1.05. The summed E-state index contributed by atoms with van der Waals surface area (Å²) in [4.78, 5) is 12.1. The molecular formula is C19H24N2O4. The van der Waals surface area contributed by atoms with Gasteiger partial charge >= 0.3 is 0 Å². The molecule has 2 atom stereocenters. The molecule has 25 heavy (non-hydrogen) atoms. The van der Waals surface area contributed by atoms with E-state index in [9.17, 15) is 15.0 Å². The second-order valence-electron chi connectivity index (χ2n) is 5.98. The molecule has 0 bridgehead atoms. The van der Waals surface area contributed by atoms with E-state index in [-0.39, 0.29) is 6.61 Å². The van der Waals surface area contributed by atoms with Gasteiger partial charge < -0.3 is 26.0 Å². The normalized spacial score (nSPS) is 13.1. The Kier molecular flexibility index (Phi) is 6.38. The van der Waals surface area contributed by atoms with E-state index in [0.717, 1.165) is 11.1 Å². The molecule has 2 rings (SSSR count). The molecule has 0 fully saturated rings. The molecule has 134 valence electrons. The zero-order chi connectivity index (χ0) is 18.4. The van der Waals surface area contributed by atoms with Gasteiger partial charge in [0.05, 0.1) is 12.6 Å². The summed E-state index contributed by atoms with van der Waals surface area (Å²) in [6, 6.07) is 11.5. The van der Waals surface area contributed by atoms with E-state index in [1.54, 1.807) is 24.3 Å². The maximum Gasteiger partial charge on any atom is 0.258 e. The number of carbonyl (C=O) groups excluding carboxylic acids is 1. The molecular weight excluding hydrogens is 320 g/mol. The maximum atomic E-state index is 12.1. The first kappa shape index (κ1) is 18.8. The lowest BCUT2D eigenvalue weighted by Gasteiger charge is -2.23. The number of aryl methyl sites for hydroxylation is 2. The number of aliphatic hydroxyl groups is 2. The molecule has 2 unspecified atom stereocenters. The Morgan fingerprint density at radius 2 is 1.76 bits per heavy atom. The number of ether oxygens (including phenoxy) is 1. The number of amides is 1. The Balaban J connectivity index is 1.96. The van der Waals surface area contributed by atoms with Crippen molar-refractivity contribution in [2.45, 2.75) is 26.0 Å². The predicted molar refractivity (Wildman–Crippen MR) is 96.2 cm³/mol. The molecule has 2 aromatic rings. The van der Waals surface area contributed by atoms with Crippen LogP contribution in [-0.2, 0) is 4.79 Å². The summed E-state index contributed by atoms with van der Waals surface area (Å²) in [5.41, 5.74) is 8.63. The second kappa shape index (κ2) is 8.50. The number of rotatable bonds is 7. The van der Waals surface area contributed by atoms with E-state index >= 15 is 0 Å². The van der Waals surface area contributed by atoms with Gasteiger partial charge in [-0.2, -0.15) is 0 Å². The van der Waals surface area contributed by atoms with E-state index < -0.39 is 24.7 Å². The number of nitrogen functional groups attached to an aromatic ring is 1. The molecule has 6 nitrogen and oxygen atoms in total. The second-order valence-corrected chi connectivity index (χ2v) is 5.98. The molecule has 0 aliphatic heterocycles. The fraction of sp³-hybridized carbons (Fsp3) is 0.316. The van der Waals surface area contributed by atoms with Crippen LogP contribution in [0.15, 0.2) is 42.5 Å². The maximum absolute atomic E-state index is 12.1. The highest BCUT2D eigenvalue weighted by molar-refractivity contribution is 5.78. The van der Waals surface area contributed by atoms with Gasteiger partial charge in [-0.15, -0.1) is 0 Å². The van der Waals surface area contributed by atoms with Crippen LogP contribution in [0.3, 0.4) is 0 Å². The molecule has 0 aliphatic carbocycles. The van der Waals surface area contributed by atoms with Crippen LogP contribution >= 0.6 is 0 Å². The van der Waals surface area contributed by atoms with Crippen LogP contribution < -0.4 is 15.8 Å². The Morgan fingerprint density at radius 3 is 2.32 bits per heavy atom. The van der Waals surface area contributed by atoms with Crippen LogP contribution in [0.5, 0.6) is 5.75 Å². The molecule has 0 spiro atoms. The molecule has 0 saturated carbocycles. The number of aliphatic hydroxyl groups excluding tert-OH is 2. The molecule has 5 N–H and O–H groups in total. The Hall–Kier alpha value is -2.57. The number of para-hydroxylation sites is 1. The third-order valence-electron chi connectivity index (χ3n) is 3.96. The van der Waals surface area contributed by atoms with Crippen molar-refractivity contribution in [2.75, 3.05) is 18.9 Å². The van der Waals surface area contributed by atoms with Crippen LogP contribution in [0.4, 0.5) is 5.69 Å². The number of anilines is 1. The monoisotopic (exact) mass is 344 g/mol. The minimum absolute atomic E-state index is 0.198. The fourth-order valence-corrected chi connectivity index (χ4v) is 2.56. The number of benzene rings is 2. The van der Waals surface area contributed by atoms with Crippen LogP contribution in [-0.4, -0.2) is 35.4 Å². The summed E-state index contributed by atoms with van der Waals surface area (Å²) in [6.45, 7) is 3.21. The van der Waals surface area contributed by atoms with Gasteiger partial charge in [0.2, 0.25) is 0 Å². The molecule has 0 aromatic heterocycles. The van der Waals surface area contributed by atoms with Crippen molar-refractivity contribution in [2.24, 2.45) is 0 Å². The van der Waals surface area contributed by atoms with Gasteiger partial charge in [0, 0.05) is 5.69 Å². The van der Waals surface area contributed by atoms with Gasteiger partial charge in [-0.3, -0.25) is 4.79 Å². The summed E-state index contributed by atoms with van der Waals surface area (Å²) in [5, 5.41) is 22.4. The number of nitrogens with one attached hydrogen (secondary N) is 1. The minimum Gasteiger partial charge on any atom is -0.483 e. The van der Waals surface area contributed by atoms with E-state index in [2.05, 4.69) is 5.32 Å². The van der Waals surface area contributed by atoms with Gasteiger partial charge in [-0.1, -0.05) is 30.3 Å². The molecule has 0 heterocycles. The van der Waals surface area contributed by atoms with Crippen molar-refractivity contribution in [1.82, 2.24) is 5.32 Å². The third kappa shape index (κ3) is 4.95. The molecule has 0 aliphatic rings. The molecule has 1 amide bonds. The van der Waals surface area contributed by atoms with Crippen LogP contribution in [0.2, 0.25) is 0 Å². The van der Waals surface area contributed by atoms with Crippen molar-refractivity contribution in [3.63, 3.8) is 0 Å². The van der Waals surface area contributed by atoms with Crippen molar-refractivity contribution in [1.29, 1.82) is 0 Å². The van der Waals surface area contributed by atoms with Crippen LogP contribution in [0.1, 0.15) is 22.8 Å². The highest BCUT2D eigenvalue weighted by Crippen LogP contribution is 2.22. The van der Waals surface area contributed by atoms with Gasteiger partial charge in [-0.25, -0.2) is 0 Å². The van der Waals surface area contributed by atoms with Crippen molar-refractivity contribution < 1.29 is 19.7 Å². The van der Waals surface area contributed by atoms with E-state index in [1.165, 1.54) is 0 Å². The zero-order valence-corrected chi connectivity index (χ0v) is 14.4. The first-order chi connectivity index (χ1) is 11.9. The smallest absolute Gasteiger partial charge is 0.258 e.